The normalized spacial score (nSPS) is 14.7. The Morgan fingerprint density at radius 2 is 1.38 bits per heavy atom. The Balaban J connectivity index is 2.37. The molecule has 112 valence electrons. The molecule has 0 fully saturated rings. The summed E-state index contributed by atoms with van der Waals surface area (Å²) >= 11 is 0. The van der Waals surface area contributed by atoms with E-state index in [0.717, 1.165) is 0 Å². The van der Waals surface area contributed by atoms with Crippen molar-refractivity contribution in [3.63, 3.8) is 0 Å². The first-order valence-electron chi connectivity index (χ1n) is 7.44. The zero-order valence-corrected chi connectivity index (χ0v) is 13.1. The molecule has 2 heteroatoms. The van der Waals surface area contributed by atoms with Gasteiger partial charge in [0.25, 0.3) is 0 Å². The van der Waals surface area contributed by atoms with Crippen LogP contribution in [-0.2, 0) is 5.41 Å². The van der Waals surface area contributed by atoms with Gasteiger partial charge in [-0.05, 0) is 37.0 Å². The van der Waals surface area contributed by atoms with E-state index in [9.17, 15) is 5.11 Å². The fraction of sp³-hybridized carbons (Fsp3) is 0.368. The maximum absolute atomic E-state index is 9.40. The van der Waals surface area contributed by atoms with Gasteiger partial charge in [0.15, 0.2) is 0 Å². The molecular weight excluding hydrogens is 258 g/mol. The highest BCUT2D eigenvalue weighted by Gasteiger charge is 2.39. The molecule has 0 aliphatic carbocycles. The van der Waals surface area contributed by atoms with Crippen LogP contribution in [0.25, 0.3) is 11.1 Å². The fourth-order valence-electron chi connectivity index (χ4n) is 2.72. The molecule has 0 saturated carbocycles. The summed E-state index contributed by atoms with van der Waals surface area (Å²) in [5, 5.41) is 9.40. The number of aliphatic hydroxyl groups excluding tert-OH is 1. The third-order valence-electron chi connectivity index (χ3n) is 4.66. The standard InChI is InChI=1S/C19H25NO/c1-18(2,20)19(3,13-14-21)17-11-9-16(10-12-17)15-7-5-4-6-8-15/h4-12,21H,13-14,20H2,1-3H3. The van der Waals surface area contributed by atoms with Crippen molar-refractivity contribution < 1.29 is 5.11 Å². The minimum absolute atomic E-state index is 0.136. The van der Waals surface area contributed by atoms with Crippen LogP contribution in [0.5, 0.6) is 0 Å². The first-order chi connectivity index (χ1) is 9.88. The quantitative estimate of drug-likeness (QED) is 0.878. The van der Waals surface area contributed by atoms with E-state index in [1.165, 1.54) is 16.7 Å². The van der Waals surface area contributed by atoms with Crippen LogP contribution in [-0.4, -0.2) is 17.3 Å². The number of aliphatic hydroxyl groups is 1. The molecule has 0 aromatic heterocycles. The second-order valence-electron chi connectivity index (χ2n) is 6.47. The Labute approximate surface area is 127 Å². The average molecular weight is 283 g/mol. The third kappa shape index (κ3) is 3.17. The molecule has 1 atom stereocenters. The van der Waals surface area contributed by atoms with Crippen LogP contribution < -0.4 is 5.73 Å². The van der Waals surface area contributed by atoms with E-state index in [4.69, 9.17) is 5.73 Å². The van der Waals surface area contributed by atoms with Crippen molar-refractivity contribution in [3.8, 4) is 11.1 Å². The monoisotopic (exact) mass is 283 g/mol. The Morgan fingerprint density at radius 3 is 1.86 bits per heavy atom. The SMILES string of the molecule is CC(C)(N)C(C)(CCO)c1ccc(-c2ccccc2)cc1. The lowest BCUT2D eigenvalue weighted by Gasteiger charge is -2.42. The molecule has 2 nitrogen and oxygen atoms in total. The van der Waals surface area contributed by atoms with Crippen molar-refractivity contribution in [2.45, 2.75) is 38.1 Å². The number of rotatable bonds is 5. The summed E-state index contributed by atoms with van der Waals surface area (Å²) in [4.78, 5) is 0. The molecule has 0 aliphatic rings. The Bertz CT molecular complexity index is 569. The van der Waals surface area contributed by atoms with Gasteiger partial charge in [0.1, 0.15) is 0 Å². The minimum Gasteiger partial charge on any atom is -0.396 e. The van der Waals surface area contributed by atoms with Gasteiger partial charge in [0, 0.05) is 17.6 Å². The molecule has 0 heterocycles. The van der Waals surface area contributed by atoms with Crippen LogP contribution in [0.1, 0.15) is 32.8 Å². The molecule has 0 radical (unpaired) electrons. The van der Waals surface area contributed by atoms with Crippen LogP contribution in [0.2, 0.25) is 0 Å². The highest BCUT2D eigenvalue weighted by Crippen LogP contribution is 2.37. The number of hydrogen-bond acceptors (Lipinski definition) is 2. The summed E-state index contributed by atoms with van der Waals surface area (Å²) in [6.07, 6.45) is 0.654. The summed E-state index contributed by atoms with van der Waals surface area (Å²) in [5.41, 5.74) is 9.29. The molecule has 21 heavy (non-hydrogen) atoms. The van der Waals surface area contributed by atoms with E-state index in [1.54, 1.807) is 0 Å². The van der Waals surface area contributed by atoms with Crippen molar-refractivity contribution >= 4 is 0 Å². The molecule has 3 N–H and O–H groups in total. The van der Waals surface area contributed by atoms with Crippen molar-refractivity contribution in [1.29, 1.82) is 0 Å². The highest BCUT2D eigenvalue weighted by atomic mass is 16.3. The van der Waals surface area contributed by atoms with Crippen LogP contribution in [0.15, 0.2) is 54.6 Å². The molecule has 0 bridgehead atoms. The maximum atomic E-state index is 9.40. The predicted octanol–water partition coefficient (Wildman–Crippen LogP) is 3.73. The molecule has 0 aliphatic heterocycles. The number of nitrogens with two attached hydrogens (primary N) is 1. The van der Waals surface area contributed by atoms with E-state index in [-0.39, 0.29) is 12.0 Å². The third-order valence-corrected chi connectivity index (χ3v) is 4.66. The Morgan fingerprint density at radius 1 is 0.857 bits per heavy atom. The van der Waals surface area contributed by atoms with Crippen LogP contribution in [0.3, 0.4) is 0 Å². The number of hydrogen-bond donors (Lipinski definition) is 2. The second-order valence-corrected chi connectivity index (χ2v) is 6.47. The van der Waals surface area contributed by atoms with Gasteiger partial charge in [-0.25, -0.2) is 0 Å². The smallest absolute Gasteiger partial charge is 0.0440 e. The highest BCUT2D eigenvalue weighted by molar-refractivity contribution is 5.63. The molecule has 2 aromatic rings. The molecule has 0 spiro atoms. The van der Waals surface area contributed by atoms with E-state index in [2.05, 4.69) is 43.3 Å². The predicted molar refractivity (Wildman–Crippen MR) is 89.2 cm³/mol. The van der Waals surface area contributed by atoms with Crippen molar-refractivity contribution in [3.05, 3.63) is 60.2 Å². The number of benzene rings is 2. The largest absolute Gasteiger partial charge is 0.396 e. The van der Waals surface area contributed by atoms with Crippen molar-refractivity contribution in [2.24, 2.45) is 5.73 Å². The lowest BCUT2D eigenvalue weighted by atomic mass is 9.66. The van der Waals surface area contributed by atoms with Gasteiger partial charge in [-0.2, -0.15) is 0 Å². The van der Waals surface area contributed by atoms with Gasteiger partial charge in [0.2, 0.25) is 0 Å². The summed E-state index contributed by atoms with van der Waals surface area (Å²) in [6, 6.07) is 18.8. The maximum Gasteiger partial charge on any atom is 0.0440 e. The van der Waals surface area contributed by atoms with E-state index < -0.39 is 5.54 Å². The lowest BCUT2D eigenvalue weighted by Crippen LogP contribution is -2.52. The molecular formula is C19H25NO. The van der Waals surface area contributed by atoms with Gasteiger partial charge in [-0.15, -0.1) is 0 Å². The Kier molecular flexibility index (Phi) is 4.50. The zero-order valence-electron chi connectivity index (χ0n) is 13.1. The fourth-order valence-corrected chi connectivity index (χ4v) is 2.72. The zero-order chi connectivity index (χ0) is 15.5. The summed E-state index contributed by atoms with van der Waals surface area (Å²) in [6.45, 7) is 6.31. The molecule has 2 aromatic carbocycles. The molecule has 2 rings (SSSR count). The molecule has 0 amide bonds. The summed E-state index contributed by atoms with van der Waals surface area (Å²) in [5.74, 6) is 0. The van der Waals surface area contributed by atoms with Gasteiger partial charge < -0.3 is 10.8 Å². The van der Waals surface area contributed by atoms with Gasteiger partial charge >= 0.3 is 0 Å². The molecule has 0 saturated heterocycles. The van der Waals surface area contributed by atoms with E-state index in [1.807, 2.05) is 32.0 Å². The summed E-state index contributed by atoms with van der Waals surface area (Å²) in [7, 11) is 0. The van der Waals surface area contributed by atoms with Crippen LogP contribution in [0, 0.1) is 0 Å². The van der Waals surface area contributed by atoms with Gasteiger partial charge in [0.05, 0.1) is 0 Å². The van der Waals surface area contributed by atoms with E-state index >= 15 is 0 Å². The van der Waals surface area contributed by atoms with Crippen molar-refractivity contribution in [2.75, 3.05) is 6.61 Å². The molecule has 1 unspecified atom stereocenters. The van der Waals surface area contributed by atoms with Crippen molar-refractivity contribution in [1.82, 2.24) is 0 Å². The van der Waals surface area contributed by atoms with E-state index in [0.29, 0.717) is 6.42 Å². The van der Waals surface area contributed by atoms with Crippen LogP contribution >= 0.6 is 0 Å². The first-order valence-corrected chi connectivity index (χ1v) is 7.44. The topological polar surface area (TPSA) is 46.2 Å². The Hall–Kier alpha value is -1.64. The second kappa shape index (κ2) is 6.00. The minimum atomic E-state index is -0.399. The first kappa shape index (κ1) is 15.7. The van der Waals surface area contributed by atoms with Crippen LogP contribution in [0.4, 0.5) is 0 Å². The summed E-state index contributed by atoms with van der Waals surface area (Å²) < 4.78 is 0. The van der Waals surface area contributed by atoms with Gasteiger partial charge in [-0.1, -0.05) is 61.5 Å². The lowest BCUT2D eigenvalue weighted by molar-refractivity contribution is 0.190. The average Bonchev–Trinajstić information content (AvgIpc) is 2.47. The van der Waals surface area contributed by atoms with Gasteiger partial charge in [-0.3, -0.25) is 0 Å².